The summed E-state index contributed by atoms with van der Waals surface area (Å²) < 4.78 is 7.83. The molecule has 4 aromatic rings. The zero-order valence-electron chi connectivity index (χ0n) is 19.5. The van der Waals surface area contributed by atoms with Crippen LogP contribution in [0.2, 0.25) is 5.02 Å². The van der Waals surface area contributed by atoms with Crippen LogP contribution >= 0.6 is 11.6 Å². The standard InChI is InChI=1S/C25H23ClN8O/c1-16-10-11-18(15-28-16)22-31-33-24(35-22)29-25(2,3)23-32-30-21(17-7-6-13-27-14-12-17)34(23)20-9-5-4-8-19(20)26/h4-6,8-15H,7H2,1-3H3,(H,29,33). The molecule has 0 amide bonds. The third-order valence-electron chi connectivity index (χ3n) is 5.50. The van der Waals surface area contributed by atoms with Gasteiger partial charge in [-0.3, -0.25) is 14.5 Å². The van der Waals surface area contributed by atoms with E-state index in [1.807, 2.05) is 73.9 Å². The number of anilines is 1. The van der Waals surface area contributed by atoms with Crippen molar-refractivity contribution in [3.8, 4) is 17.1 Å². The van der Waals surface area contributed by atoms with Crippen LogP contribution in [-0.2, 0) is 5.54 Å². The highest BCUT2D eigenvalue weighted by Crippen LogP contribution is 2.33. The summed E-state index contributed by atoms with van der Waals surface area (Å²) in [5.41, 5.74) is 2.62. The van der Waals surface area contributed by atoms with Crippen molar-refractivity contribution >= 4 is 29.4 Å². The maximum atomic E-state index is 6.62. The number of allylic oxidation sites excluding steroid dienone is 3. The van der Waals surface area contributed by atoms with Gasteiger partial charge >= 0.3 is 6.01 Å². The number of hydrogen-bond acceptors (Lipinski definition) is 8. The molecule has 0 aliphatic carbocycles. The van der Waals surface area contributed by atoms with Crippen LogP contribution in [0.5, 0.6) is 0 Å². The van der Waals surface area contributed by atoms with Crippen molar-refractivity contribution < 1.29 is 4.42 Å². The molecule has 4 heterocycles. The molecule has 3 aromatic heterocycles. The molecule has 0 saturated carbocycles. The summed E-state index contributed by atoms with van der Waals surface area (Å²) in [4.78, 5) is 8.49. The van der Waals surface area contributed by atoms with Crippen LogP contribution in [0.1, 0.15) is 37.6 Å². The fourth-order valence-electron chi connectivity index (χ4n) is 3.72. The van der Waals surface area contributed by atoms with Gasteiger partial charge in [0.25, 0.3) is 5.89 Å². The predicted octanol–water partition coefficient (Wildman–Crippen LogP) is 5.39. The number of aliphatic imine (C=N–C) groups is 1. The van der Waals surface area contributed by atoms with Gasteiger partial charge in [-0.2, -0.15) is 0 Å². The van der Waals surface area contributed by atoms with Crippen LogP contribution in [-0.4, -0.2) is 36.2 Å². The lowest BCUT2D eigenvalue weighted by molar-refractivity contribution is 0.501. The van der Waals surface area contributed by atoms with Gasteiger partial charge in [-0.15, -0.1) is 15.3 Å². The molecule has 0 radical (unpaired) electrons. The lowest BCUT2D eigenvalue weighted by Crippen LogP contribution is -2.32. The van der Waals surface area contributed by atoms with Crippen LogP contribution in [0.4, 0.5) is 6.01 Å². The van der Waals surface area contributed by atoms with E-state index in [-0.39, 0.29) is 6.01 Å². The fraction of sp³-hybridized carbons (Fsp3) is 0.200. The van der Waals surface area contributed by atoms with E-state index in [4.69, 9.17) is 16.0 Å². The SMILES string of the molecule is Cc1ccc(-c2nnc(NC(C)(C)c3nnc(C4=CC=NC=CC4)n3-c3ccccc3Cl)o2)cn1. The van der Waals surface area contributed by atoms with Crippen LogP contribution in [0, 0.1) is 6.92 Å². The zero-order chi connectivity index (χ0) is 24.4. The van der Waals surface area contributed by atoms with Gasteiger partial charge in [-0.25, -0.2) is 0 Å². The van der Waals surface area contributed by atoms with Crippen molar-refractivity contribution in [3.63, 3.8) is 0 Å². The van der Waals surface area contributed by atoms with Gasteiger partial charge in [-0.05, 0) is 57.5 Å². The molecule has 10 heteroatoms. The maximum absolute atomic E-state index is 6.62. The summed E-state index contributed by atoms with van der Waals surface area (Å²) in [5, 5.41) is 21.3. The Labute approximate surface area is 207 Å². The molecule has 0 saturated heterocycles. The molecule has 1 N–H and O–H groups in total. The van der Waals surface area contributed by atoms with Crippen molar-refractivity contribution in [2.45, 2.75) is 32.7 Å². The van der Waals surface area contributed by atoms with E-state index in [0.29, 0.717) is 29.0 Å². The van der Waals surface area contributed by atoms with E-state index in [9.17, 15) is 0 Å². The zero-order valence-corrected chi connectivity index (χ0v) is 20.2. The quantitative estimate of drug-likeness (QED) is 0.389. The summed E-state index contributed by atoms with van der Waals surface area (Å²) in [6, 6.07) is 11.6. The first-order valence-electron chi connectivity index (χ1n) is 11.1. The number of nitrogens with one attached hydrogen (secondary N) is 1. The Morgan fingerprint density at radius 3 is 2.71 bits per heavy atom. The Kier molecular flexibility index (Phi) is 6.00. The number of benzene rings is 1. The average Bonchev–Trinajstić information content (AvgIpc) is 3.40. The number of hydrogen-bond donors (Lipinski definition) is 1. The minimum atomic E-state index is -0.755. The first-order chi connectivity index (χ1) is 16.9. The maximum Gasteiger partial charge on any atom is 0.316 e. The van der Waals surface area contributed by atoms with E-state index < -0.39 is 5.54 Å². The summed E-state index contributed by atoms with van der Waals surface area (Å²) in [6.45, 7) is 5.85. The first kappa shape index (κ1) is 22.7. The number of aryl methyl sites for hydroxylation is 1. The topological polar surface area (TPSA) is 107 Å². The second-order valence-electron chi connectivity index (χ2n) is 8.56. The van der Waals surface area contributed by atoms with Crippen LogP contribution in [0.15, 0.2) is 70.4 Å². The van der Waals surface area contributed by atoms with Gasteiger partial charge in [0.05, 0.1) is 21.8 Å². The normalized spacial score (nSPS) is 13.5. The minimum absolute atomic E-state index is 0.254. The van der Waals surface area contributed by atoms with Crippen molar-refractivity contribution in [3.05, 3.63) is 83.3 Å². The summed E-state index contributed by atoms with van der Waals surface area (Å²) >= 11 is 6.62. The predicted molar refractivity (Wildman–Crippen MR) is 136 cm³/mol. The number of pyridine rings is 1. The van der Waals surface area contributed by atoms with Crippen LogP contribution in [0.3, 0.4) is 0 Å². The first-order valence-corrected chi connectivity index (χ1v) is 11.4. The third-order valence-corrected chi connectivity index (χ3v) is 5.82. The van der Waals surface area contributed by atoms with Gasteiger partial charge in [0.2, 0.25) is 0 Å². The minimum Gasteiger partial charge on any atom is -0.403 e. The van der Waals surface area contributed by atoms with E-state index in [1.54, 1.807) is 18.6 Å². The molecule has 35 heavy (non-hydrogen) atoms. The molecular formula is C25H23ClN8O. The molecule has 176 valence electrons. The Morgan fingerprint density at radius 1 is 1.06 bits per heavy atom. The number of rotatable bonds is 6. The van der Waals surface area contributed by atoms with Crippen molar-refractivity contribution in [1.82, 2.24) is 29.9 Å². The number of para-hydroxylation sites is 1. The molecule has 1 aliphatic rings. The molecule has 0 atom stereocenters. The van der Waals surface area contributed by atoms with Crippen LogP contribution in [0.25, 0.3) is 22.7 Å². The fourth-order valence-corrected chi connectivity index (χ4v) is 3.94. The average molecular weight is 487 g/mol. The largest absolute Gasteiger partial charge is 0.403 e. The second-order valence-corrected chi connectivity index (χ2v) is 8.97. The molecule has 5 rings (SSSR count). The summed E-state index contributed by atoms with van der Waals surface area (Å²) in [5.74, 6) is 1.68. The molecule has 0 bridgehead atoms. The Balaban J connectivity index is 1.54. The van der Waals surface area contributed by atoms with Crippen LogP contribution < -0.4 is 5.32 Å². The Morgan fingerprint density at radius 2 is 1.91 bits per heavy atom. The van der Waals surface area contributed by atoms with E-state index in [0.717, 1.165) is 22.5 Å². The van der Waals surface area contributed by atoms with Crippen molar-refractivity contribution in [1.29, 1.82) is 0 Å². The number of nitrogens with zero attached hydrogens (tertiary/aromatic N) is 7. The Hall–Kier alpha value is -4.11. The lowest BCUT2D eigenvalue weighted by Gasteiger charge is -2.25. The smallest absolute Gasteiger partial charge is 0.316 e. The van der Waals surface area contributed by atoms with Gasteiger partial charge < -0.3 is 9.73 Å². The van der Waals surface area contributed by atoms with Gasteiger partial charge in [0, 0.05) is 29.9 Å². The molecule has 1 aromatic carbocycles. The summed E-state index contributed by atoms with van der Waals surface area (Å²) in [7, 11) is 0. The van der Waals surface area contributed by atoms with E-state index in [2.05, 4.69) is 35.7 Å². The van der Waals surface area contributed by atoms with Gasteiger partial charge in [-0.1, -0.05) is 34.9 Å². The third kappa shape index (κ3) is 4.63. The van der Waals surface area contributed by atoms with Gasteiger partial charge in [0.1, 0.15) is 0 Å². The lowest BCUT2D eigenvalue weighted by atomic mass is 10.0. The monoisotopic (exact) mass is 486 g/mol. The highest BCUT2D eigenvalue weighted by Gasteiger charge is 2.32. The molecule has 1 aliphatic heterocycles. The molecule has 9 nitrogen and oxygen atoms in total. The number of aromatic nitrogens is 6. The second kappa shape index (κ2) is 9.27. The molecule has 0 spiro atoms. The summed E-state index contributed by atoms with van der Waals surface area (Å²) in [6.07, 6.45) is 9.78. The Bertz CT molecular complexity index is 1450. The molecule has 0 fully saturated rings. The molecular weight excluding hydrogens is 464 g/mol. The van der Waals surface area contributed by atoms with Crippen molar-refractivity contribution in [2.24, 2.45) is 4.99 Å². The highest BCUT2D eigenvalue weighted by molar-refractivity contribution is 6.32. The molecule has 0 unspecified atom stereocenters. The van der Waals surface area contributed by atoms with E-state index >= 15 is 0 Å². The van der Waals surface area contributed by atoms with Crippen molar-refractivity contribution in [2.75, 3.05) is 5.32 Å². The van der Waals surface area contributed by atoms with E-state index in [1.165, 1.54) is 0 Å². The van der Waals surface area contributed by atoms with Gasteiger partial charge in [0.15, 0.2) is 11.6 Å². The highest BCUT2D eigenvalue weighted by atomic mass is 35.5. The number of halogens is 1.